The molecule has 0 fully saturated rings. The SMILES string of the molecule is Cc1ccc(O)c2cc(CN)n(C)c12. The van der Waals surface area contributed by atoms with Crippen LogP contribution < -0.4 is 5.73 Å². The van der Waals surface area contributed by atoms with Crippen molar-refractivity contribution in [1.82, 2.24) is 4.57 Å². The highest BCUT2D eigenvalue weighted by Gasteiger charge is 2.09. The predicted octanol–water partition coefficient (Wildman–Crippen LogP) is 1.65. The number of aromatic hydroxyl groups is 1. The molecule has 0 saturated heterocycles. The lowest BCUT2D eigenvalue weighted by Gasteiger charge is -2.04. The Bertz CT molecular complexity index is 485. The Balaban J connectivity index is 2.90. The smallest absolute Gasteiger partial charge is 0.124 e. The Labute approximate surface area is 82.8 Å². The molecule has 1 aromatic heterocycles. The maximum Gasteiger partial charge on any atom is 0.124 e. The molecule has 1 aromatic carbocycles. The van der Waals surface area contributed by atoms with Crippen LogP contribution >= 0.6 is 0 Å². The Morgan fingerprint density at radius 1 is 1.43 bits per heavy atom. The molecule has 0 saturated carbocycles. The van der Waals surface area contributed by atoms with Crippen LogP contribution in [-0.4, -0.2) is 9.67 Å². The van der Waals surface area contributed by atoms with E-state index in [2.05, 4.69) is 0 Å². The average molecular weight is 190 g/mol. The van der Waals surface area contributed by atoms with E-state index in [9.17, 15) is 5.11 Å². The van der Waals surface area contributed by atoms with Gasteiger partial charge < -0.3 is 15.4 Å². The summed E-state index contributed by atoms with van der Waals surface area (Å²) in [6.07, 6.45) is 0. The maximum atomic E-state index is 9.67. The van der Waals surface area contributed by atoms with Gasteiger partial charge in [0.25, 0.3) is 0 Å². The quantitative estimate of drug-likeness (QED) is 0.718. The number of hydrogen-bond acceptors (Lipinski definition) is 2. The van der Waals surface area contributed by atoms with E-state index in [1.54, 1.807) is 6.07 Å². The summed E-state index contributed by atoms with van der Waals surface area (Å²) in [7, 11) is 1.97. The topological polar surface area (TPSA) is 51.2 Å². The van der Waals surface area contributed by atoms with Crippen LogP contribution in [0.5, 0.6) is 5.75 Å². The van der Waals surface area contributed by atoms with E-state index >= 15 is 0 Å². The summed E-state index contributed by atoms with van der Waals surface area (Å²) < 4.78 is 2.03. The zero-order valence-electron chi connectivity index (χ0n) is 8.41. The van der Waals surface area contributed by atoms with E-state index in [1.807, 2.05) is 30.7 Å². The van der Waals surface area contributed by atoms with Crippen LogP contribution in [0.2, 0.25) is 0 Å². The Hall–Kier alpha value is -1.48. The number of rotatable bonds is 1. The molecule has 3 N–H and O–H groups in total. The second-order valence-corrected chi connectivity index (χ2v) is 3.56. The highest BCUT2D eigenvalue weighted by molar-refractivity contribution is 5.89. The second kappa shape index (κ2) is 3.03. The van der Waals surface area contributed by atoms with E-state index < -0.39 is 0 Å². The molecule has 0 unspecified atom stereocenters. The van der Waals surface area contributed by atoms with Crippen molar-refractivity contribution in [3.05, 3.63) is 29.5 Å². The van der Waals surface area contributed by atoms with Crippen molar-refractivity contribution in [3.63, 3.8) is 0 Å². The first-order chi connectivity index (χ1) is 6.65. The number of aromatic nitrogens is 1. The number of benzene rings is 1. The van der Waals surface area contributed by atoms with E-state index in [-0.39, 0.29) is 0 Å². The summed E-state index contributed by atoms with van der Waals surface area (Å²) in [5.41, 5.74) is 8.86. The Morgan fingerprint density at radius 2 is 2.14 bits per heavy atom. The van der Waals surface area contributed by atoms with Crippen LogP contribution in [0.25, 0.3) is 10.9 Å². The number of nitrogens with zero attached hydrogens (tertiary/aromatic N) is 1. The number of fused-ring (bicyclic) bond motifs is 1. The van der Waals surface area contributed by atoms with Crippen molar-refractivity contribution < 1.29 is 5.11 Å². The van der Waals surface area contributed by atoms with E-state index in [0.29, 0.717) is 12.3 Å². The van der Waals surface area contributed by atoms with Crippen LogP contribution in [0.1, 0.15) is 11.3 Å². The standard InChI is InChI=1S/C11H14N2O/c1-7-3-4-10(14)9-5-8(6-12)13(2)11(7)9/h3-5,14H,6,12H2,1-2H3. The number of phenolic OH excluding ortho intramolecular Hbond substituents is 1. The highest BCUT2D eigenvalue weighted by atomic mass is 16.3. The second-order valence-electron chi connectivity index (χ2n) is 3.56. The van der Waals surface area contributed by atoms with Crippen molar-refractivity contribution in [2.24, 2.45) is 12.8 Å². The van der Waals surface area contributed by atoms with Crippen molar-refractivity contribution in [3.8, 4) is 5.75 Å². The molecular weight excluding hydrogens is 176 g/mol. The summed E-state index contributed by atoms with van der Waals surface area (Å²) in [4.78, 5) is 0. The van der Waals surface area contributed by atoms with Crippen LogP contribution in [0.4, 0.5) is 0 Å². The molecule has 3 nitrogen and oxygen atoms in total. The molecule has 0 aliphatic carbocycles. The molecule has 1 heterocycles. The predicted molar refractivity (Wildman–Crippen MR) is 57.2 cm³/mol. The van der Waals surface area contributed by atoms with Gasteiger partial charge in [0.05, 0.1) is 5.52 Å². The van der Waals surface area contributed by atoms with Gasteiger partial charge in [-0.1, -0.05) is 6.07 Å². The van der Waals surface area contributed by atoms with Gasteiger partial charge in [0, 0.05) is 24.7 Å². The van der Waals surface area contributed by atoms with Crippen molar-refractivity contribution in [2.45, 2.75) is 13.5 Å². The molecule has 74 valence electrons. The zero-order chi connectivity index (χ0) is 10.3. The number of hydrogen-bond donors (Lipinski definition) is 2. The molecule has 2 rings (SSSR count). The largest absolute Gasteiger partial charge is 0.507 e. The van der Waals surface area contributed by atoms with E-state index in [4.69, 9.17) is 5.73 Å². The summed E-state index contributed by atoms with van der Waals surface area (Å²) in [5, 5.41) is 10.6. The molecule has 0 aliphatic heterocycles. The molecule has 2 aromatic rings. The van der Waals surface area contributed by atoms with E-state index in [1.165, 1.54) is 0 Å². The highest BCUT2D eigenvalue weighted by Crippen LogP contribution is 2.29. The van der Waals surface area contributed by atoms with Gasteiger partial charge in [0.1, 0.15) is 5.75 Å². The third-order valence-corrected chi connectivity index (χ3v) is 2.68. The maximum absolute atomic E-state index is 9.67. The lowest BCUT2D eigenvalue weighted by atomic mass is 10.1. The molecule has 14 heavy (non-hydrogen) atoms. The molecule has 3 heteroatoms. The fourth-order valence-electron chi connectivity index (χ4n) is 1.90. The number of phenols is 1. The monoisotopic (exact) mass is 190 g/mol. The number of nitrogens with two attached hydrogens (primary N) is 1. The first kappa shape index (κ1) is 9.09. The van der Waals surface area contributed by atoms with Gasteiger partial charge in [-0.25, -0.2) is 0 Å². The van der Waals surface area contributed by atoms with Crippen LogP contribution in [-0.2, 0) is 13.6 Å². The fourth-order valence-corrected chi connectivity index (χ4v) is 1.90. The Kier molecular flexibility index (Phi) is 1.97. The van der Waals surface area contributed by atoms with Crippen molar-refractivity contribution >= 4 is 10.9 Å². The summed E-state index contributed by atoms with van der Waals surface area (Å²) in [6, 6.07) is 5.58. The average Bonchev–Trinajstić information content (AvgIpc) is 2.51. The molecular formula is C11H14N2O. The molecule has 0 bridgehead atoms. The van der Waals surface area contributed by atoms with E-state index in [0.717, 1.165) is 22.2 Å². The minimum atomic E-state index is 0.320. The van der Waals surface area contributed by atoms with Crippen LogP contribution in [0.15, 0.2) is 18.2 Å². The van der Waals surface area contributed by atoms with Crippen LogP contribution in [0, 0.1) is 6.92 Å². The van der Waals surface area contributed by atoms with Crippen LogP contribution in [0.3, 0.4) is 0 Å². The summed E-state index contributed by atoms with van der Waals surface area (Å²) in [6.45, 7) is 2.52. The fraction of sp³-hybridized carbons (Fsp3) is 0.273. The molecule has 0 spiro atoms. The minimum Gasteiger partial charge on any atom is -0.507 e. The van der Waals surface area contributed by atoms with Crippen molar-refractivity contribution in [2.75, 3.05) is 0 Å². The lowest BCUT2D eigenvalue weighted by Crippen LogP contribution is -2.02. The number of aryl methyl sites for hydroxylation is 2. The van der Waals surface area contributed by atoms with Gasteiger partial charge in [-0.2, -0.15) is 0 Å². The Morgan fingerprint density at radius 3 is 2.71 bits per heavy atom. The van der Waals surface area contributed by atoms with Crippen molar-refractivity contribution in [1.29, 1.82) is 0 Å². The molecule has 0 radical (unpaired) electrons. The normalized spacial score (nSPS) is 11.1. The summed E-state index contributed by atoms with van der Waals surface area (Å²) >= 11 is 0. The van der Waals surface area contributed by atoms with Gasteiger partial charge in [-0.3, -0.25) is 0 Å². The van der Waals surface area contributed by atoms with Gasteiger partial charge in [0.2, 0.25) is 0 Å². The van der Waals surface area contributed by atoms with Gasteiger partial charge in [-0.15, -0.1) is 0 Å². The molecule has 0 atom stereocenters. The third-order valence-electron chi connectivity index (χ3n) is 2.68. The minimum absolute atomic E-state index is 0.320. The third kappa shape index (κ3) is 1.09. The molecule has 0 aliphatic rings. The van der Waals surface area contributed by atoms with Gasteiger partial charge >= 0.3 is 0 Å². The molecule has 0 amide bonds. The first-order valence-corrected chi connectivity index (χ1v) is 4.62. The first-order valence-electron chi connectivity index (χ1n) is 4.62. The zero-order valence-corrected chi connectivity index (χ0v) is 8.41. The lowest BCUT2D eigenvalue weighted by molar-refractivity contribution is 0.481. The van der Waals surface area contributed by atoms with Gasteiger partial charge in [-0.05, 0) is 24.6 Å². The van der Waals surface area contributed by atoms with Gasteiger partial charge in [0.15, 0.2) is 0 Å². The summed E-state index contributed by atoms with van der Waals surface area (Å²) in [5.74, 6) is 0.320.